The number of rotatable bonds is 8. The second kappa shape index (κ2) is 11.6. The molecule has 3 N–H and O–H groups in total. The third-order valence-corrected chi connectivity index (χ3v) is 7.70. The van der Waals surface area contributed by atoms with Crippen molar-refractivity contribution in [3.05, 3.63) is 70.1 Å². The predicted octanol–water partition coefficient (Wildman–Crippen LogP) is 4.08. The van der Waals surface area contributed by atoms with Crippen LogP contribution in [-0.4, -0.2) is 63.9 Å². The van der Waals surface area contributed by atoms with Crippen molar-refractivity contribution >= 4 is 29.4 Å². The Balaban J connectivity index is 1.33. The van der Waals surface area contributed by atoms with Crippen molar-refractivity contribution in [2.75, 3.05) is 25.6 Å². The number of halogens is 2. The Hall–Kier alpha value is -3.80. The Bertz CT molecular complexity index is 1480. The van der Waals surface area contributed by atoms with Crippen LogP contribution in [0.3, 0.4) is 0 Å². The molecule has 2 aromatic carbocycles. The van der Waals surface area contributed by atoms with Gasteiger partial charge in [-0.3, -0.25) is 14.5 Å². The summed E-state index contributed by atoms with van der Waals surface area (Å²) in [7, 11) is 1.41. The van der Waals surface area contributed by atoms with E-state index in [1.54, 1.807) is 31.2 Å². The van der Waals surface area contributed by atoms with Crippen LogP contribution >= 0.6 is 11.6 Å². The fraction of sp³-hybridized carbons (Fsp3) is 0.379. The minimum atomic E-state index is -2.19. The van der Waals surface area contributed by atoms with Gasteiger partial charge in [0, 0.05) is 36.4 Å². The molecule has 0 unspecified atom stereocenters. The van der Waals surface area contributed by atoms with E-state index in [2.05, 4.69) is 20.6 Å². The summed E-state index contributed by atoms with van der Waals surface area (Å²) in [5.41, 5.74) is 0.273. The van der Waals surface area contributed by atoms with Gasteiger partial charge in [-0.15, -0.1) is 0 Å². The zero-order valence-corrected chi connectivity index (χ0v) is 23.7. The maximum atomic E-state index is 14.0. The summed E-state index contributed by atoms with van der Waals surface area (Å²) in [5.74, 6) is -1.13. The van der Waals surface area contributed by atoms with Crippen molar-refractivity contribution in [2.45, 2.75) is 51.0 Å². The number of methoxy groups -OCH3 is 1. The molecular weight excluding hydrogens is 553 g/mol. The number of benzene rings is 2. The third kappa shape index (κ3) is 5.97. The van der Waals surface area contributed by atoms with Crippen molar-refractivity contribution in [1.29, 1.82) is 0 Å². The number of nitrogens with one attached hydrogen (secondary N) is 2. The lowest BCUT2D eigenvalue weighted by Gasteiger charge is -2.33. The molecule has 0 spiro atoms. The second-order valence-electron chi connectivity index (χ2n) is 10.3. The maximum absolute atomic E-state index is 14.0. The molecule has 2 atom stereocenters. The third-order valence-electron chi connectivity index (χ3n) is 7.42. The van der Waals surface area contributed by atoms with Gasteiger partial charge in [0.05, 0.1) is 36.6 Å². The lowest BCUT2D eigenvalue weighted by molar-refractivity contribution is -0.155. The van der Waals surface area contributed by atoms with Gasteiger partial charge in [-0.2, -0.15) is 0 Å². The molecule has 0 saturated carbocycles. The van der Waals surface area contributed by atoms with Crippen molar-refractivity contribution in [1.82, 2.24) is 20.2 Å². The van der Waals surface area contributed by atoms with Gasteiger partial charge in [0.15, 0.2) is 0 Å². The maximum Gasteiger partial charge on any atom is 0.273 e. The van der Waals surface area contributed by atoms with Crippen molar-refractivity contribution in [3.8, 4) is 17.0 Å². The number of anilines is 1. The first kappa shape index (κ1) is 28.7. The van der Waals surface area contributed by atoms with Gasteiger partial charge in [0.25, 0.3) is 11.8 Å². The van der Waals surface area contributed by atoms with Gasteiger partial charge in [-0.25, -0.2) is 14.4 Å². The van der Waals surface area contributed by atoms with Gasteiger partial charge >= 0.3 is 0 Å². The molecule has 216 valence electrons. The Morgan fingerprint density at radius 2 is 2.02 bits per heavy atom. The van der Waals surface area contributed by atoms with Crippen LogP contribution in [0.5, 0.6) is 5.75 Å². The molecular formula is C29H31ClFN5O5. The zero-order valence-electron chi connectivity index (χ0n) is 22.9. The highest BCUT2D eigenvalue weighted by molar-refractivity contribution is 6.33. The fourth-order valence-electron chi connectivity index (χ4n) is 4.96. The number of aromatic nitrogens is 2. The lowest BCUT2D eigenvalue weighted by Crippen LogP contribution is -2.57. The monoisotopic (exact) mass is 583 g/mol. The molecule has 5 rings (SSSR count). The minimum absolute atomic E-state index is 0.0189. The summed E-state index contributed by atoms with van der Waals surface area (Å²) in [4.78, 5) is 36.6. The van der Waals surface area contributed by atoms with Gasteiger partial charge in [0.1, 0.15) is 11.6 Å². The van der Waals surface area contributed by atoms with Crippen LogP contribution in [0.15, 0.2) is 42.6 Å². The molecule has 1 aromatic heterocycles. The van der Waals surface area contributed by atoms with E-state index in [4.69, 9.17) is 21.1 Å². The highest BCUT2D eigenvalue weighted by atomic mass is 35.5. The Morgan fingerprint density at radius 1 is 1.27 bits per heavy atom. The summed E-state index contributed by atoms with van der Waals surface area (Å²) in [6.45, 7) is 4.25. The number of carbonyl (C=O) groups excluding carboxylic acids is 2. The number of fused-ring (bicyclic) bond motifs is 1. The summed E-state index contributed by atoms with van der Waals surface area (Å²) in [5, 5.41) is 17.5. The molecule has 2 amide bonds. The van der Waals surface area contributed by atoms with E-state index in [9.17, 15) is 19.1 Å². The Morgan fingerprint density at radius 3 is 2.76 bits per heavy atom. The normalized spacial score (nSPS) is 17.5. The lowest BCUT2D eigenvalue weighted by atomic mass is 10.0. The van der Waals surface area contributed by atoms with E-state index in [0.29, 0.717) is 57.9 Å². The smallest absolute Gasteiger partial charge is 0.273 e. The first-order valence-corrected chi connectivity index (χ1v) is 13.6. The standard InChI is InChI=1S/C29H31ClFN5O5/c1-16(19-10-20(31)13-22(11-19)40-3)33-27(38)29(2,39)36-15-18-5-4-17(12-23(18)26(36)37)25-24(30)14-32-28(35-25)34-21-6-8-41-9-7-21/h4-5,10-14,16,21,39H,6-9,15H2,1-3H3,(H,33,38)(H,32,34,35)/t16-,29-/m1/s1. The first-order chi connectivity index (χ1) is 19.6. The van der Waals surface area contributed by atoms with E-state index in [1.165, 1.54) is 32.4 Å². The molecule has 2 aliphatic heterocycles. The number of nitrogens with zero attached hydrogens (tertiary/aromatic N) is 3. The van der Waals surface area contributed by atoms with E-state index in [0.717, 1.165) is 17.7 Å². The molecule has 0 aliphatic carbocycles. The highest BCUT2D eigenvalue weighted by Gasteiger charge is 2.45. The molecule has 0 radical (unpaired) electrons. The van der Waals surface area contributed by atoms with Crippen LogP contribution in [0.2, 0.25) is 5.02 Å². The van der Waals surface area contributed by atoms with Gasteiger partial charge < -0.3 is 25.2 Å². The van der Waals surface area contributed by atoms with Crippen LogP contribution in [0.4, 0.5) is 10.3 Å². The first-order valence-electron chi connectivity index (χ1n) is 13.3. The quantitative estimate of drug-likeness (QED) is 0.362. The Kier molecular flexibility index (Phi) is 8.12. The van der Waals surface area contributed by atoms with Crippen molar-refractivity contribution < 1.29 is 28.6 Å². The number of aliphatic hydroxyl groups is 1. The molecule has 2 aliphatic rings. The number of hydrogen-bond donors (Lipinski definition) is 3. The number of hydrogen-bond acceptors (Lipinski definition) is 8. The molecule has 3 aromatic rings. The Labute approximate surface area is 241 Å². The van der Waals surface area contributed by atoms with E-state index in [1.807, 2.05) is 0 Å². The van der Waals surface area contributed by atoms with E-state index in [-0.39, 0.29) is 12.6 Å². The summed E-state index contributed by atoms with van der Waals surface area (Å²) in [6.07, 6.45) is 3.19. The van der Waals surface area contributed by atoms with Crippen LogP contribution in [-0.2, 0) is 16.1 Å². The number of amides is 2. The minimum Gasteiger partial charge on any atom is -0.497 e. The highest BCUT2D eigenvalue weighted by Crippen LogP contribution is 2.34. The molecule has 41 heavy (non-hydrogen) atoms. The summed E-state index contributed by atoms with van der Waals surface area (Å²) >= 11 is 6.44. The van der Waals surface area contributed by atoms with Gasteiger partial charge in [-0.1, -0.05) is 23.7 Å². The number of carbonyl (C=O) groups is 2. The molecule has 1 fully saturated rings. The summed E-state index contributed by atoms with van der Waals surface area (Å²) in [6, 6.07) is 8.78. The SMILES string of the molecule is COc1cc(F)cc([C@@H](C)NC(=O)[C@@](C)(O)N2Cc3ccc(-c4nc(NC5CCOCC5)ncc4Cl)cc3C2=O)c1. The van der Waals surface area contributed by atoms with Crippen LogP contribution < -0.4 is 15.4 Å². The second-order valence-corrected chi connectivity index (χ2v) is 10.7. The fourth-order valence-corrected chi connectivity index (χ4v) is 5.16. The van der Waals surface area contributed by atoms with Crippen LogP contribution in [0.25, 0.3) is 11.3 Å². The average Bonchev–Trinajstić information content (AvgIpc) is 3.30. The van der Waals surface area contributed by atoms with Crippen molar-refractivity contribution in [3.63, 3.8) is 0 Å². The van der Waals surface area contributed by atoms with Crippen LogP contribution in [0, 0.1) is 5.82 Å². The molecule has 1 saturated heterocycles. The topological polar surface area (TPSA) is 126 Å². The number of ether oxygens (including phenoxy) is 2. The van der Waals surface area contributed by atoms with E-state index < -0.39 is 29.4 Å². The average molecular weight is 584 g/mol. The van der Waals surface area contributed by atoms with Crippen LogP contribution in [0.1, 0.15) is 54.2 Å². The van der Waals surface area contributed by atoms with Crippen molar-refractivity contribution in [2.24, 2.45) is 0 Å². The largest absolute Gasteiger partial charge is 0.497 e. The van der Waals surface area contributed by atoms with Gasteiger partial charge in [0.2, 0.25) is 11.7 Å². The molecule has 12 heteroatoms. The molecule has 10 nitrogen and oxygen atoms in total. The molecule has 0 bridgehead atoms. The molecule has 3 heterocycles. The van der Waals surface area contributed by atoms with E-state index >= 15 is 0 Å². The zero-order chi connectivity index (χ0) is 29.3. The predicted molar refractivity (Wildman–Crippen MR) is 150 cm³/mol. The summed E-state index contributed by atoms with van der Waals surface area (Å²) < 4.78 is 24.5. The van der Waals surface area contributed by atoms with Gasteiger partial charge in [-0.05, 0) is 56.0 Å².